The fourth-order valence-electron chi connectivity index (χ4n) is 3.85. The predicted octanol–water partition coefficient (Wildman–Crippen LogP) is 4.36. The van der Waals surface area contributed by atoms with Crippen molar-refractivity contribution in [2.24, 2.45) is 0 Å². The van der Waals surface area contributed by atoms with E-state index in [-0.39, 0.29) is 5.78 Å². The highest BCUT2D eigenvalue weighted by molar-refractivity contribution is 6.15. The summed E-state index contributed by atoms with van der Waals surface area (Å²) in [6, 6.07) is 10.2. The smallest absolute Gasteiger partial charge is 0.232 e. The van der Waals surface area contributed by atoms with Crippen LogP contribution in [-0.2, 0) is 17.7 Å². The number of methoxy groups -OCH3 is 1. The van der Waals surface area contributed by atoms with E-state index in [1.807, 2.05) is 31.2 Å². The number of aryl methyl sites for hydroxylation is 2. The van der Waals surface area contributed by atoms with Gasteiger partial charge in [0.05, 0.1) is 11.1 Å². The molecule has 2 aromatic rings. The minimum Gasteiger partial charge on any atom is -0.478 e. The molecule has 2 aromatic carbocycles. The van der Waals surface area contributed by atoms with E-state index < -0.39 is 0 Å². The van der Waals surface area contributed by atoms with Crippen molar-refractivity contribution >= 4 is 11.9 Å². The van der Waals surface area contributed by atoms with E-state index in [1.54, 1.807) is 7.11 Å². The van der Waals surface area contributed by atoms with Crippen LogP contribution in [0, 0.1) is 6.92 Å². The summed E-state index contributed by atoms with van der Waals surface area (Å²) < 4.78 is 17.2. The Morgan fingerprint density at radius 3 is 2.76 bits per heavy atom. The fourth-order valence-corrected chi connectivity index (χ4v) is 3.85. The molecule has 0 saturated carbocycles. The summed E-state index contributed by atoms with van der Waals surface area (Å²) in [7, 11) is 1.71. The van der Waals surface area contributed by atoms with Crippen LogP contribution in [0.1, 0.15) is 46.0 Å². The molecule has 0 radical (unpaired) electrons. The van der Waals surface area contributed by atoms with E-state index >= 15 is 0 Å². The van der Waals surface area contributed by atoms with Crippen molar-refractivity contribution < 1.29 is 19.0 Å². The van der Waals surface area contributed by atoms with Gasteiger partial charge in [-0.3, -0.25) is 9.69 Å². The highest BCUT2D eigenvalue weighted by atomic mass is 16.5. The lowest BCUT2D eigenvalue weighted by Gasteiger charge is -2.30. The number of nitrogens with zero attached hydrogens (tertiary/aromatic N) is 1. The topological polar surface area (TPSA) is 48.0 Å². The van der Waals surface area contributed by atoms with Crippen LogP contribution in [0.4, 0.5) is 0 Å². The quantitative estimate of drug-likeness (QED) is 0.539. The second-order valence-electron chi connectivity index (χ2n) is 7.58. The van der Waals surface area contributed by atoms with Crippen molar-refractivity contribution in [1.29, 1.82) is 0 Å². The molecular formula is C24H27NO4. The summed E-state index contributed by atoms with van der Waals surface area (Å²) in [6.07, 6.45) is 3.75. The first-order valence-corrected chi connectivity index (χ1v) is 10.1. The Morgan fingerprint density at radius 1 is 1.24 bits per heavy atom. The Labute approximate surface area is 171 Å². The molecule has 152 valence electrons. The van der Waals surface area contributed by atoms with Gasteiger partial charge < -0.3 is 14.2 Å². The summed E-state index contributed by atoms with van der Waals surface area (Å²) in [5.74, 6) is 1.78. The number of rotatable bonds is 6. The first-order valence-electron chi connectivity index (χ1n) is 10.1. The van der Waals surface area contributed by atoms with Gasteiger partial charge in [0.1, 0.15) is 18.2 Å². The molecule has 0 spiro atoms. The van der Waals surface area contributed by atoms with Crippen molar-refractivity contribution in [3.05, 3.63) is 63.9 Å². The maximum absolute atomic E-state index is 13.1. The minimum atomic E-state index is -0.0589. The van der Waals surface area contributed by atoms with Crippen molar-refractivity contribution in [2.75, 3.05) is 27.0 Å². The molecule has 0 aliphatic carbocycles. The number of Topliss-reactive ketones (excluding diaryl/α,β-unsaturated/α-hetero) is 1. The molecule has 0 atom stereocenters. The highest BCUT2D eigenvalue weighted by Crippen LogP contribution is 2.44. The maximum atomic E-state index is 13.1. The van der Waals surface area contributed by atoms with Crippen molar-refractivity contribution in [3.63, 3.8) is 0 Å². The molecule has 4 rings (SSSR count). The van der Waals surface area contributed by atoms with Gasteiger partial charge in [-0.15, -0.1) is 0 Å². The second kappa shape index (κ2) is 8.39. The van der Waals surface area contributed by atoms with Crippen molar-refractivity contribution in [2.45, 2.75) is 33.2 Å². The summed E-state index contributed by atoms with van der Waals surface area (Å²) in [4.78, 5) is 15.3. The standard InChI is InChI=1S/C24H27NO4/c1-4-17-6-8-18(9-7-17)13-21-23(26)22-16(2)12-20-19(24(22)29-21)14-25(15-28-20)10-5-11-27-3/h6-9,12-13H,4-5,10-11,14-15H2,1-3H3/b21-13-. The molecule has 0 amide bonds. The van der Waals surface area contributed by atoms with Crippen LogP contribution >= 0.6 is 0 Å². The molecule has 2 aliphatic heterocycles. The highest BCUT2D eigenvalue weighted by Gasteiger charge is 2.35. The predicted molar refractivity (Wildman–Crippen MR) is 112 cm³/mol. The number of hydrogen-bond acceptors (Lipinski definition) is 5. The van der Waals surface area contributed by atoms with Crippen LogP contribution in [0.25, 0.3) is 6.08 Å². The maximum Gasteiger partial charge on any atom is 0.232 e. The molecule has 5 nitrogen and oxygen atoms in total. The lowest BCUT2D eigenvalue weighted by atomic mass is 9.98. The van der Waals surface area contributed by atoms with E-state index in [9.17, 15) is 4.79 Å². The summed E-state index contributed by atoms with van der Waals surface area (Å²) in [5.41, 5.74) is 4.73. The minimum absolute atomic E-state index is 0.0589. The Hall–Kier alpha value is -2.63. The van der Waals surface area contributed by atoms with Gasteiger partial charge in [0, 0.05) is 26.8 Å². The number of ether oxygens (including phenoxy) is 3. The number of benzene rings is 2. The molecule has 0 N–H and O–H groups in total. The molecule has 2 heterocycles. The zero-order valence-corrected chi connectivity index (χ0v) is 17.3. The number of carbonyl (C=O) groups excluding carboxylic acids is 1. The number of ketones is 1. The second-order valence-corrected chi connectivity index (χ2v) is 7.58. The largest absolute Gasteiger partial charge is 0.478 e. The molecule has 5 heteroatoms. The van der Waals surface area contributed by atoms with E-state index in [2.05, 4.69) is 24.0 Å². The number of allylic oxidation sites excluding steroid dienone is 1. The van der Waals surface area contributed by atoms with E-state index in [4.69, 9.17) is 14.2 Å². The van der Waals surface area contributed by atoms with E-state index in [1.165, 1.54) is 5.56 Å². The first kappa shape index (κ1) is 19.7. The third-order valence-corrected chi connectivity index (χ3v) is 5.50. The monoisotopic (exact) mass is 393 g/mol. The fraction of sp³-hybridized carbons (Fsp3) is 0.375. The lowest BCUT2D eigenvalue weighted by Crippen LogP contribution is -2.33. The number of fused-ring (bicyclic) bond motifs is 3. The number of hydrogen-bond donors (Lipinski definition) is 0. The third-order valence-electron chi connectivity index (χ3n) is 5.50. The van der Waals surface area contributed by atoms with Gasteiger partial charge in [0.15, 0.2) is 5.76 Å². The van der Waals surface area contributed by atoms with Gasteiger partial charge in [-0.1, -0.05) is 31.2 Å². The Kier molecular flexibility index (Phi) is 5.69. The molecule has 0 saturated heterocycles. The summed E-state index contributed by atoms with van der Waals surface area (Å²) in [5, 5.41) is 0. The molecule has 0 fully saturated rings. The molecule has 0 unspecified atom stereocenters. The van der Waals surface area contributed by atoms with Gasteiger partial charge in [-0.05, 0) is 48.6 Å². The normalized spacial score (nSPS) is 17.1. The zero-order valence-electron chi connectivity index (χ0n) is 17.3. The molecule has 29 heavy (non-hydrogen) atoms. The van der Waals surface area contributed by atoms with E-state index in [0.29, 0.717) is 37.0 Å². The zero-order chi connectivity index (χ0) is 20.4. The average molecular weight is 393 g/mol. The van der Waals surface area contributed by atoms with Gasteiger partial charge in [-0.25, -0.2) is 0 Å². The first-order chi connectivity index (χ1) is 14.1. The Morgan fingerprint density at radius 2 is 2.03 bits per heavy atom. The van der Waals surface area contributed by atoms with Crippen LogP contribution < -0.4 is 9.47 Å². The lowest BCUT2D eigenvalue weighted by molar-refractivity contribution is 0.0822. The van der Waals surface area contributed by atoms with Gasteiger partial charge >= 0.3 is 0 Å². The SMILES string of the molecule is CCc1ccc(/C=C2\Oc3c4c(cc(C)c3C2=O)OCN(CCCOC)C4)cc1. The molecule has 0 bridgehead atoms. The van der Waals surface area contributed by atoms with Gasteiger partial charge in [-0.2, -0.15) is 0 Å². The summed E-state index contributed by atoms with van der Waals surface area (Å²) in [6.45, 7) is 6.89. The molecular weight excluding hydrogens is 366 g/mol. The Balaban J connectivity index is 1.62. The van der Waals surface area contributed by atoms with Crippen LogP contribution in [0.3, 0.4) is 0 Å². The molecule has 2 aliphatic rings. The average Bonchev–Trinajstić information content (AvgIpc) is 3.06. The summed E-state index contributed by atoms with van der Waals surface area (Å²) >= 11 is 0. The van der Waals surface area contributed by atoms with Gasteiger partial charge in [0.2, 0.25) is 5.78 Å². The van der Waals surface area contributed by atoms with Crippen LogP contribution in [0.15, 0.2) is 36.1 Å². The van der Waals surface area contributed by atoms with Crippen molar-refractivity contribution in [1.82, 2.24) is 4.90 Å². The molecule has 0 aromatic heterocycles. The third kappa shape index (κ3) is 3.93. The van der Waals surface area contributed by atoms with E-state index in [0.717, 1.165) is 41.8 Å². The Bertz CT molecular complexity index is 946. The number of carbonyl (C=O) groups is 1. The van der Waals surface area contributed by atoms with Crippen LogP contribution in [0.2, 0.25) is 0 Å². The van der Waals surface area contributed by atoms with Crippen LogP contribution in [0.5, 0.6) is 11.5 Å². The van der Waals surface area contributed by atoms with Gasteiger partial charge in [0.25, 0.3) is 0 Å². The van der Waals surface area contributed by atoms with Crippen molar-refractivity contribution in [3.8, 4) is 11.5 Å². The van der Waals surface area contributed by atoms with Crippen LogP contribution in [-0.4, -0.2) is 37.7 Å².